The van der Waals surface area contributed by atoms with Gasteiger partial charge < -0.3 is 15.0 Å². The Labute approximate surface area is 104 Å². The van der Waals surface area contributed by atoms with Crippen molar-refractivity contribution in [3.8, 4) is 5.75 Å². The first kappa shape index (κ1) is 11.2. The minimum Gasteiger partial charge on any atom is -0.484 e. The van der Waals surface area contributed by atoms with Crippen molar-refractivity contribution in [2.75, 3.05) is 0 Å². The monoisotopic (exact) mass is 247 g/mol. The summed E-state index contributed by atoms with van der Waals surface area (Å²) in [5.41, 5.74) is 7.79. The molecule has 0 spiro atoms. The average Bonchev–Trinajstić information content (AvgIpc) is 2.76. The van der Waals surface area contributed by atoms with Crippen LogP contribution in [0.2, 0.25) is 0 Å². The van der Waals surface area contributed by atoms with Crippen molar-refractivity contribution in [3.05, 3.63) is 47.8 Å². The number of ether oxygens (including phenoxy) is 1. The fourth-order valence-electron chi connectivity index (χ4n) is 2.33. The summed E-state index contributed by atoms with van der Waals surface area (Å²) < 4.78 is 21.0. The van der Waals surface area contributed by atoms with Gasteiger partial charge in [0.1, 0.15) is 17.7 Å². The van der Waals surface area contributed by atoms with Gasteiger partial charge in [0.2, 0.25) is 0 Å². The number of benzene rings is 1. The van der Waals surface area contributed by atoms with Gasteiger partial charge in [-0.25, -0.2) is 9.37 Å². The van der Waals surface area contributed by atoms with E-state index in [0.717, 1.165) is 11.3 Å². The number of nitrogens with zero attached hydrogens (tertiary/aromatic N) is 2. The molecule has 1 unspecified atom stereocenters. The highest BCUT2D eigenvalue weighted by atomic mass is 19.1. The Hall–Kier alpha value is -1.88. The molecule has 0 saturated heterocycles. The molecule has 94 valence electrons. The summed E-state index contributed by atoms with van der Waals surface area (Å²) in [5, 5.41) is 0. The second kappa shape index (κ2) is 4.10. The van der Waals surface area contributed by atoms with Gasteiger partial charge in [0.05, 0.1) is 18.2 Å². The zero-order valence-electron chi connectivity index (χ0n) is 10.0. The van der Waals surface area contributed by atoms with E-state index in [4.69, 9.17) is 10.5 Å². The Balaban J connectivity index is 1.97. The molecule has 2 aromatic rings. The molecular formula is C13H14FN3O. The van der Waals surface area contributed by atoms with Crippen molar-refractivity contribution < 1.29 is 9.13 Å². The van der Waals surface area contributed by atoms with Gasteiger partial charge in [0, 0.05) is 25.1 Å². The summed E-state index contributed by atoms with van der Waals surface area (Å²) in [6.45, 7) is 0. The van der Waals surface area contributed by atoms with E-state index in [2.05, 4.69) is 4.98 Å². The van der Waals surface area contributed by atoms with Crippen LogP contribution in [0.4, 0.5) is 4.39 Å². The molecule has 0 radical (unpaired) electrons. The van der Waals surface area contributed by atoms with Crippen LogP contribution in [0.5, 0.6) is 5.75 Å². The predicted octanol–water partition coefficient (Wildman–Crippen LogP) is 2.08. The van der Waals surface area contributed by atoms with Crippen molar-refractivity contribution in [3.63, 3.8) is 0 Å². The summed E-state index contributed by atoms with van der Waals surface area (Å²) in [6.07, 6.45) is 3.98. The molecule has 5 heteroatoms. The maximum atomic E-state index is 13.2. The first-order valence-corrected chi connectivity index (χ1v) is 5.83. The second-order valence-electron chi connectivity index (χ2n) is 4.56. The molecule has 0 fully saturated rings. The second-order valence-corrected chi connectivity index (χ2v) is 4.56. The zero-order chi connectivity index (χ0) is 12.7. The molecule has 3 rings (SSSR count). The maximum Gasteiger partial charge on any atom is 0.142 e. The van der Waals surface area contributed by atoms with Gasteiger partial charge in [0.15, 0.2) is 0 Å². The number of imidazole rings is 1. The van der Waals surface area contributed by atoms with Gasteiger partial charge in [-0.3, -0.25) is 0 Å². The first-order chi connectivity index (χ1) is 8.65. The molecule has 2 heterocycles. The molecule has 2 atom stereocenters. The third kappa shape index (κ3) is 1.76. The minimum absolute atomic E-state index is 0.134. The van der Waals surface area contributed by atoms with Crippen molar-refractivity contribution >= 4 is 0 Å². The van der Waals surface area contributed by atoms with Gasteiger partial charge >= 0.3 is 0 Å². The Morgan fingerprint density at radius 1 is 1.50 bits per heavy atom. The van der Waals surface area contributed by atoms with Crippen LogP contribution in [0.15, 0.2) is 30.7 Å². The van der Waals surface area contributed by atoms with Crippen molar-refractivity contribution in [2.45, 2.75) is 18.6 Å². The lowest BCUT2D eigenvalue weighted by atomic mass is 9.96. The summed E-state index contributed by atoms with van der Waals surface area (Å²) in [7, 11) is 1.91. The molecule has 4 nitrogen and oxygen atoms in total. The molecule has 2 N–H and O–H groups in total. The third-order valence-corrected chi connectivity index (χ3v) is 3.29. The van der Waals surface area contributed by atoms with Crippen LogP contribution >= 0.6 is 0 Å². The number of rotatable bonds is 1. The van der Waals surface area contributed by atoms with Crippen molar-refractivity contribution in [2.24, 2.45) is 12.8 Å². The average molecular weight is 247 g/mol. The van der Waals surface area contributed by atoms with Gasteiger partial charge in [-0.1, -0.05) is 0 Å². The number of aromatic nitrogens is 2. The van der Waals surface area contributed by atoms with E-state index in [-0.39, 0.29) is 18.0 Å². The lowest BCUT2D eigenvalue weighted by Gasteiger charge is -2.30. The van der Waals surface area contributed by atoms with Gasteiger partial charge in [0.25, 0.3) is 0 Å². The van der Waals surface area contributed by atoms with E-state index < -0.39 is 0 Å². The number of hydrogen-bond donors (Lipinski definition) is 1. The van der Waals surface area contributed by atoms with Crippen LogP contribution in [0.3, 0.4) is 0 Å². The largest absolute Gasteiger partial charge is 0.484 e. The predicted molar refractivity (Wildman–Crippen MR) is 64.5 cm³/mol. The van der Waals surface area contributed by atoms with Gasteiger partial charge in [-0.15, -0.1) is 0 Å². The standard InChI is InChI=1S/C13H14FN3O/c1-17-7-16-6-11(17)13-5-10(15)9-4-8(14)2-3-12(9)18-13/h2-4,6-7,10,13H,5,15H2,1H3/t10-,13?/m0/s1. The van der Waals surface area contributed by atoms with Crippen LogP contribution in [0.25, 0.3) is 0 Å². The lowest BCUT2D eigenvalue weighted by molar-refractivity contribution is 0.154. The lowest BCUT2D eigenvalue weighted by Crippen LogP contribution is -2.25. The summed E-state index contributed by atoms with van der Waals surface area (Å²) >= 11 is 0. The number of nitrogens with two attached hydrogens (primary N) is 1. The van der Waals surface area contributed by atoms with Gasteiger partial charge in [-0.2, -0.15) is 0 Å². The highest BCUT2D eigenvalue weighted by Gasteiger charge is 2.28. The SMILES string of the molecule is Cn1cncc1C1C[C@H](N)c2cc(F)ccc2O1. The van der Waals surface area contributed by atoms with E-state index in [9.17, 15) is 4.39 Å². The van der Waals surface area contributed by atoms with E-state index in [0.29, 0.717) is 12.2 Å². The van der Waals surface area contributed by atoms with Crippen LogP contribution in [-0.2, 0) is 7.05 Å². The Morgan fingerprint density at radius 2 is 2.33 bits per heavy atom. The molecule has 0 aliphatic carbocycles. The zero-order valence-corrected chi connectivity index (χ0v) is 10.0. The van der Waals surface area contributed by atoms with Crippen LogP contribution < -0.4 is 10.5 Å². The number of aryl methyl sites for hydroxylation is 1. The highest BCUT2D eigenvalue weighted by Crippen LogP contribution is 2.39. The molecule has 0 amide bonds. The molecule has 0 bridgehead atoms. The normalized spacial score (nSPS) is 22.4. The molecule has 1 aliphatic heterocycles. The maximum absolute atomic E-state index is 13.2. The number of fused-ring (bicyclic) bond motifs is 1. The molecule has 0 saturated carbocycles. The smallest absolute Gasteiger partial charge is 0.142 e. The fraction of sp³-hybridized carbons (Fsp3) is 0.308. The highest BCUT2D eigenvalue weighted by molar-refractivity contribution is 5.39. The van der Waals surface area contributed by atoms with E-state index in [1.165, 1.54) is 12.1 Å². The first-order valence-electron chi connectivity index (χ1n) is 5.83. The van der Waals surface area contributed by atoms with Crippen molar-refractivity contribution in [1.82, 2.24) is 9.55 Å². The van der Waals surface area contributed by atoms with Crippen LogP contribution in [0, 0.1) is 5.82 Å². The van der Waals surface area contributed by atoms with Crippen LogP contribution in [0.1, 0.15) is 29.8 Å². The molecular weight excluding hydrogens is 233 g/mol. The van der Waals surface area contributed by atoms with E-state index >= 15 is 0 Å². The topological polar surface area (TPSA) is 53.1 Å². The van der Waals surface area contributed by atoms with E-state index in [1.807, 2.05) is 11.6 Å². The molecule has 1 aliphatic rings. The Morgan fingerprint density at radius 3 is 3.06 bits per heavy atom. The quantitative estimate of drug-likeness (QED) is 0.839. The van der Waals surface area contributed by atoms with Crippen molar-refractivity contribution in [1.29, 1.82) is 0 Å². The number of hydrogen-bond acceptors (Lipinski definition) is 3. The summed E-state index contributed by atoms with van der Waals surface area (Å²) in [6, 6.07) is 4.24. The molecule has 18 heavy (non-hydrogen) atoms. The minimum atomic E-state index is -0.285. The molecule has 1 aromatic heterocycles. The number of halogens is 1. The fourth-order valence-corrected chi connectivity index (χ4v) is 2.33. The summed E-state index contributed by atoms with van der Waals surface area (Å²) in [4.78, 5) is 4.07. The van der Waals surface area contributed by atoms with Gasteiger partial charge in [-0.05, 0) is 18.2 Å². The molecule has 1 aromatic carbocycles. The Bertz CT molecular complexity index is 581. The van der Waals surface area contributed by atoms with Crippen LogP contribution in [-0.4, -0.2) is 9.55 Å². The third-order valence-electron chi connectivity index (χ3n) is 3.29. The summed E-state index contributed by atoms with van der Waals surface area (Å²) in [5.74, 6) is 0.369. The Kier molecular flexibility index (Phi) is 2.56. The van der Waals surface area contributed by atoms with E-state index in [1.54, 1.807) is 18.6 Å².